The van der Waals surface area contributed by atoms with E-state index in [1.54, 1.807) is 14.2 Å². The van der Waals surface area contributed by atoms with Crippen LogP contribution in [0.5, 0.6) is 11.5 Å². The molecule has 1 saturated carbocycles. The van der Waals surface area contributed by atoms with E-state index in [-0.39, 0.29) is 0 Å². The highest BCUT2D eigenvalue weighted by Crippen LogP contribution is 2.25. The van der Waals surface area contributed by atoms with Crippen LogP contribution in [0.4, 0.5) is 0 Å². The maximum Gasteiger partial charge on any atom is 0.127 e. The molecule has 3 heteroatoms. The molecule has 94 valence electrons. The molecule has 0 atom stereocenters. The summed E-state index contributed by atoms with van der Waals surface area (Å²) < 4.78 is 10.6. The molecule has 2 rings (SSSR count). The Labute approximate surface area is 103 Å². The Bertz CT molecular complexity index is 359. The van der Waals surface area contributed by atoms with Crippen molar-refractivity contribution in [1.82, 2.24) is 5.32 Å². The number of rotatable bonds is 5. The molecule has 0 bridgehead atoms. The van der Waals surface area contributed by atoms with Crippen LogP contribution in [0, 0.1) is 0 Å². The van der Waals surface area contributed by atoms with Crippen LogP contribution in [0.2, 0.25) is 0 Å². The van der Waals surface area contributed by atoms with E-state index < -0.39 is 0 Å². The van der Waals surface area contributed by atoms with E-state index in [9.17, 15) is 0 Å². The van der Waals surface area contributed by atoms with Gasteiger partial charge in [-0.05, 0) is 18.9 Å². The number of methoxy groups -OCH3 is 2. The first kappa shape index (κ1) is 12.2. The van der Waals surface area contributed by atoms with Crippen LogP contribution in [0.25, 0.3) is 0 Å². The normalized spacial score (nSPS) is 16.1. The van der Waals surface area contributed by atoms with Crippen molar-refractivity contribution in [3.8, 4) is 11.5 Å². The van der Waals surface area contributed by atoms with Gasteiger partial charge >= 0.3 is 0 Å². The maximum atomic E-state index is 5.38. The van der Waals surface area contributed by atoms with Gasteiger partial charge in [-0.1, -0.05) is 18.9 Å². The van der Waals surface area contributed by atoms with Crippen molar-refractivity contribution < 1.29 is 9.47 Å². The Balaban J connectivity index is 1.98. The average Bonchev–Trinajstić information content (AvgIpc) is 2.89. The molecule has 1 aliphatic carbocycles. The van der Waals surface area contributed by atoms with Gasteiger partial charge in [0.15, 0.2) is 0 Å². The molecule has 1 N–H and O–H groups in total. The smallest absolute Gasteiger partial charge is 0.127 e. The monoisotopic (exact) mass is 235 g/mol. The minimum Gasteiger partial charge on any atom is -0.497 e. The minimum atomic E-state index is 0.682. The highest BCUT2D eigenvalue weighted by molar-refractivity contribution is 5.40. The van der Waals surface area contributed by atoms with E-state index in [4.69, 9.17) is 9.47 Å². The van der Waals surface area contributed by atoms with Crippen LogP contribution < -0.4 is 14.8 Å². The number of nitrogens with one attached hydrogen (secondary N) is 1. The second-order valence-corrected chi connectivity index (χ2v) is 4.54. The van der Waals surface area contributed by atoms with Gasteiger partial charge in [0, 0.05) is 24.2 Å². The Kier molecular flexibility index (Phi) is 4.26. The van der Waals surface area contributed by atoms with Crippen LogP contribution in [0.1, 0.15) is 31.2 Å². The molecule has 1 aromatic rings. The van der Waals surface area contributed by atoms with Gasteiger partial charge in [-0.3, -0.25) is 0 Å². The fraction of sp³-hybridized carbons (Fsp3) is 0.571. The quantitative estimate of drug-likeness (QED) is 0.851. The van der Waals surface area contributed by atoms with Gasteiger partial charge in [0.2, 0.25) is 0 Å². The molecule has 0 aromatic heterocycles. The Morgan fingerprint density at radius 2 is 1.94 bits per heavy atom. The molecule has 0 unspecified atom stereocenters. The summed E-state index contributed by atoms with van der Waals surface area (Å²) in [5.74, 6) is 1.74. The molecule has 0 saturated heterocycles. The van der Waals surface area contributed by atoms with Crippen LogP contribution in [-0.4, -0.2) is 20.3 Å². The van der Waals surface area contributed by atoms with Crippen LogP contribution in [0.3, 0.4) is 0 Å². The molecular formula is C14H21NO2. The van der Waals surface area contributed by atoms with Crippen LogP contribution >= 0.6 is 0 Å². The van der Waals surface area contributed by atoms with Crippen molar-refractivity contribution in [2.75, 3.05) is 14.2 Å². The van der Waals surface area contributed by atoms with Crippen molar-refractivity contribution >= 4 is 0 Å². The summed E-state index contributed by atoms with van der Waals surface area (Å²) >= 11 is 0. The first-order chi connectivity index (χ1) is 8.33. The highest BCUT2D eigenvalue weighted by Gasteiger charge is 2.14. The predicted octanol–water partition coefficient (Wildman–Crippen LogP) is 2.74. The molecule has 0 radical (unpaired) electrons. The van der Waals surface area contributed by atoms with Crippen LogP contribution in [-0.2, 0) is 6.54 Å². The lowest BCUT2D eigenvalue weighted by molar-refractivity contribution is 0.388. The summed E-state index contributed by atoms with van der Waals surface area (Å²) in [5.41, 5.74) is 1.19. The first-order valence-corrected chi connectivity index (χ1v) is 6.28. The number of ether oxygens (including phenoxy) is 2. The number of hydrogen-bond acceptors (Lipinski definition) is 3. The maximum absolute atomic E-state index is 5.38. The Morgan fingerprint density at radius 1 is 1.18 bits per heavy atom. The van der Waals surface area contributed by atoms with E-state index in [0.717, 1.165) is 18.0 Å². The fourth-order valence-corrected chi connectivity index (χ4v) is 2.38. The summed E-state index contributed by atoms with van der Waals surface area (Å²) in [5, 5.41) is 3.59. The van der Waals surface area contributed by atoms with Crippen molar-refractivity contribution in [2.24, 2.45) is 0 Å². The molecule has 0 spiro atoms. The molecule has 17 heavy (non-hydrogen) atoms. The minimum absolute atomic E-state index is 0.682. The third-order valence-corrected chi connectivity index (χ3v) is 3.43. The fourth-order valence-electron chi connectivity index (χ4n) is 2.38. The second-order valence-electron chi connectivity index (χ2n) is 4.54. The average molecular weight is 235 g/mol. The Hall–Kier alpha value is -1.22. The number of benzene rings is 1. The lowest BCUT2D eigenvalue weighted by Crippen LogP contribution is -2.25. The van der Waals surface area contributed by atoms with Crippen molar-refractivity contribution in [1.29, 1.82) is 0 Å². The molecule has 1 aliphatic rings. The first-order valence-electron chi connectivity index (χ1n) is 6.28. The van der Waals surface area contributed by atoms with E-state index >= 15 is 0 Å². The molecule has 1 fully saturated rings. The molecule has 0 heterocycles. The third kappa shape index (κ3) is 3.13. The van der Waals surface area contributed by atoms with E-state index in [1.165, 1.54) is 31.2 Å². The Morgan fingerprint density at radius 3 is 2.59 bits per heavy atom. The summed E-state index contributed by atoms with van der Waals surface area (Å²) in [7, 11) is 3.37. The van der Waals surface area contributed by atoms with Gasteiger partial charge in [-0.2, -0.15) is 0 Å². The van der Waals surface area contributed by atoms with Gasteiger partial charge < -0.3 is 14.8 Å². The largest absolute Gasteiger partial charge is 0.497 e. The molecule has 1 aromatic carbocycles. The van der Waals surface area contributed by atoms with Gasteiger partial charge in [0.25, 0.3) is 0 Å². The topological polar surface area (TPSA) is 30.5 Å². The predicted molar refractivity (Wildman–Crippen MR) is 68.6 cm³/mol. The zero-order valence-corrected chi connectivity index (χ0v) is 10.7. The third-order valence-electron chi connectivity index (χ3n) is 3.43. The van der Waals surface area contributed by atoms with Crippen molar-refractivity contribution in [3.63, 3.8) is 0 Å². The summed E-state index contributed by atoms with van der Waals surface area (Å²) in [6, 6.07) is 6.67. The zero-order valence-electron chi connectivity index (χ0n) is 10.7. The van der Waals surface area contributed by atoms with E-state index in [2.05, 4.69) is 11.4 Å². The summed E-state index contributed by atoms with van der Waals surface area (Å²) in [4.78, 5) is 0. The van der Waals surface area contributed by atoms with Crippen molar-refractivity contribution in [2.45, 2.75) is 38.3 Å². The van der Waals surface area contributed by atoms with Gasteiger partial charge in [0.05, 0.1) is 14.2 Å². The number of hydrogen-bond donors (Lipinski definition) is 1. The van der Waals surface area contributed by atoms with Gasteiger partial charge in [0.1, 0.15) is 11.5 Å². The lowest BCUT2D eigenvalue weighted by Gasteiger charge is -2.14. The SMILES string of the molecule is COc1ccc(CNC2CCCC2)c(OC)c1. The molecule has 0 amide bonds. The molecular weight excluding hydrogens is 214 g/mol. The highest BCUT2D eigenvalue weighted by atomic mass is 16.5. The summed E-state index contributed by atoms with van der Waals surface area (Å²) in [6.07, 6.45) is 5.33. The second kappa shape index (κ2) is 5.92. The van der Waals surface area contributed by atoms with Crippen LogP contribution in [0.15, 0.2) is 18.2 Å². The standard InChI is InChI=1S/C14H21NO2/c1-16-13-8-7-11(14(9-13)17-2)10-15-12-5-3-4-6-12/h7-9,12,15H,3-6,10H2,1-2H3. The molecule has 3 nitrogen and oxygen atoms in total. The lowest BCUT2D eigenvalue weighted by atomic mass is 10.1. The van der Waals surface area contributed by atoms with Gasteiger partial charge in [-0.15, -0.1) is 0 Å². The van der Waals surface area contributed by atoms with Crippen molar-refractivity contribution in [3.05, 3.63) is 23.8 Å². The van der Waals surface area contributed by atoms with Gasteiger partial charge in [-0.25, -0.2) is 0 Å². The molecule has 0 aliphatic heterocycles. The van der Waals surface area contributed by atoms with E-state index in [0.29, 0.717) is 6.04 Å². The zero-order chi connectivity index (χ0) is 12.1. The van der Waals surface area contributed by atoms with E-state index in [1.807, 2.05) is 12.1 Å². The summed E-state index contributed by atoms with van der Waals surface area (Å²) in [6.45, 7) is 0.873.